The Bertz CT molecular complexity index is 111. The van der Waals surface area contributed by atoms with Gasteiger partial charge in [-0.1, -0.05) is 0 Å². The molecular formula is C7H12N2. The zero-order valence-corrected chi connectivity index (χ0v) is 5.64. The van der Waals surface area contributed by atoms with E-state index < -0.39 is 0 Å². The standard InChI is InChI=1S/C7H12N2/c8-4-1-2-5-9-6-3-7-9/h1-3,5-7H2. The molecular weight excluding hydrogens is 112 g/mol. The number of likely N-dealkylation sites (tertiary alicyclic amines) is 1. The van der Waals surface area contributed by atoms with Crippen LogP contribution in [-0.2, 0) is 0 Å². The summed E-state index contributed by atoms with van der Waals surface area (Å²) in [7, 11) is 0. The Morgan fingerprint density at radius 2 is 2.22 bits per heavy atom. The second kappa shape index (κ2) is 3.47. The lowest BCUT2D eigenvalue weighted by molar-refractivity contribution is 0.180. The topological polar surface area (TPSA) is 27.0 Å². The molecule has 0 amide bonds. The van der Waals surface area contributed by atoms with Gasteiger partial charge in [0.1, 0.15) is 0 Å². The van der Waals surface area contributed by atoms with Gasteiger partial charge >= 0.3 is 0 Å². The molecule has 50 valence electrons. The molecule has 1 fully saturated rings. The Morgan fingerprint density at radius 3 is 2.67 bits per heavy atom. The van der Waals surface area contributed by atoms with E-state index in [0.717, 1.165) is 19.4 Å². The monoisotopic (exact) mass is 124 g/mol. The van der Waals surface area contributed by atoms with Crippen molar-refractivity contribution in [1.82, 2.24) is 4.90 Å². The molecule has 0 unspecified atom stereocenters. The van der Waals surface area contributed by atoms with Gasteiger partial charge in [0.05, 0.1) is 6.07 Å². The van der Waals surface area contributed by atoms with Crippen molar-refractivity contribution in [2.45, 2.75) is 19.3 Å². The van der Waals surface area contributed by atoms with Crippen LogP contribution < -0.4 is 0 Å². The Kier molecular flexibility index (Phi) is 2.53. The molecule has 1 saturated heterocycles. The minimum atomic E-state index is 0.719. The van der Waals surface area contributed by atoms with E-state index in [9.17, 15) is 0 Å². The molecule has 1 aliphatic rings. The summed E-state index contributed by atoms with van der Waals surface area (Å²) < 4.78 is 0. The van der Waals surface area contributed by atoms with Gasteiger partial charge < -0.3 is 4.90 Å². The summed E-state index contributed by atoms with van der Waals surface area (Å²) in [5.74, 6) is 0. The van der Waals surface area contributed by atoms with Gasteiger partial charge in [-0.05, 0) is 32.5 Å². The van der Waals surface area contributed by atoms with E-state index in [1.54, 1.807) is 0 Å². The lowest BCUT2D eigenvalue weighted by Crippen LogP contribution is -2.37. The van der Waals surface area contributed by atoms with Gasteiger partial charge in [0.25, 0.3) is 0 Å². The smallest absolute Gasteiger partial charge is 0.0622 e. The minimum absolute atomic E-state index is 0.719. The molecule has 0 atom stereocenters. The van der Waals surface area contributed by atoms with Gasteiger partial charge in [0, 0.05) is 6.42 Å². The minimum Gasteiger partial charge on any atom is -0.303 e. The number of nitriles is 1. The molecule has 1 heterocycles. The highest BCUT2D eigenvalue weighted by molar-refractivity contribution is 4.73. The first-order valence-electron chi connectivity index (χ1n) is 3.53. The molecule has 2 heteroatoms. The van der Waals surface area contributed by atoms with Gasteiger partial charge in [-0.15, -0.1) is 0 Å². The van der Waals surface area contributed by atoms with Crippen molar-refractivity contribution in [2.75, 3.05) is 19.6 Å². The van der Waals surface area contributed by atoms with Gasteiger partial charge in [0.15, 0.2) is 0 Å². The first-order chi connectivity index (χ1) is 4.43. The summed E-state index contributed by atoms with van der Waals surface area (Å²) >= 11 is 0. The summed E-state index contributed by atoms with van der Waals surface area (Å²) in [5, 5.41) is 8.20. The van der Waals surface area contributed by atoms with Crippen LogP contribution in [-0.4, -0.2) is 24.5 Å². The van der Waals surface area contributed by atoms with Crippen LogP contribution in [0, 0.1) is 11.3 Å². The van der Waals surface area contributed by atoms with Crippen LogP contribution in [0.25, 0.3) is 0 Å². The lowest BCUT2D eigenvalue weighted by Gasteiger charge is -2.30. The van der Waals surface area contributed by atoms with E-state index >= 15 is 0 Å². The number of rotatable bonds is 3. The highest BCUT2D eigenvalue weighted by Crippen LogP contribution is 2.06. The maximum absolute atomic E-state index is 8.20. The summed E-state index contributed by atoms with van der Waals surface area (Å²) in [6, 6.07) is 2.14. The first-order valence-corrected chi connectivity index (χ1v) is 3.53. The third-order valence-electron chi connectivity index (χ3n) is 1.71. The molecule has 0 bridgehead atoms. The second-order valence-corrected chi connectivity index (χ2v) is 2.46. The van der Waals surface area contributed by atoms with Crippen LogP contribution in [0.15, 0.2) is 0 Å². The number of nitrogens with zero attached hydrogens (tertiary/aromatic N) is 2. The molecule has 0 aromatic heterocycles. The van der Waals surface area contributed by atoms with Crippen LogP contribution in [0.3, 0.4) is 0 Å². The highest BCUT2D eigenvalue weighted by atomic mass is 15.2. The summed E-state index contributed by atoms with van der Waals surface area (Å²) in [4.78, 5) is 2.39. The van der Waals surface area contributed by atoms with E-state index in [2.05, 4.69) is 11.0 Å². The van der Waals surface area contributed by atoms with Gasteiger partial charge in [0.2, 0.25) is 0 Å². The van der Waals surface area contributed by atoms with Crippen molar-refractivity contribution < 1.29 is 0 Å². The molecule has 9 heavy (non-hydrogen) atoms. The van der Waals surface area contributed by atoms with E-state index in [4.69, 9.17) is 5.26 Å². The maximum Gasteiger partial charge on any atom is 0.0622 e. The fourth-order valence-electron chi connectivity index (χ4n) is 0.987. The summed E-state index contributed by atoms with van der Waals surface area (Å²) in [6.45, 7) is 3.64. The molecule has 0 aromatic rings. The van der Waals surface area contributed by atoms with Crippen LogP contribution in [0.4, 0.5) is 0 Å². The van der Waals surface area contributed by atoms with Crippen LogP contribution in [0.1, 0.15) is 19.3 Å². The summed E-state index contributed by atoms with van der Waals surface area (Å²) in [5.41, 5.74) is 0. The number of hydrogen-bond donors (Lipinski definition) is 0. The van der Waals surface area contributed by atoms with Gasteiger partial charge in [-0.2, -0.15) is 5.26 Å². The number of unbranched alkanes of at least 4 members (excludes halogenated alkanes) is 1. The van der Waals surface area contributed by atoms with Crippen molar-refractivity contribution >= 4 is 0 Å². The molecule has 0 aromatic carbocycles. The third kappa shape index (κ3) is 2.03. The Morgan fingerprint density at radius 1 is 1.44 bits per heavy atom. The Balaban J connectivity index is 1.87. The molecule has 0 aliphatic carbocycles. The fraction of sp³-hybridized carbons (Fsp3) is 0.857. The van der Waals surface area contributed by atoms with Crippen molar-refractivity contribution in [3.8, 4) is 6.07 Å². The van der Waals surface area contributed by atoms with Crippen LogP contribution in [0.2, 0.25) is 0 Å². The van der Waals surface area contributed by atoms with Crippen LogP contribution >= 0.6 is 0 Å². The lowest BCUT2D eigenvalue weighted by atomic mass is 10.2. The molecule has 2 nitrogen and oxygen atoms in total. The zero-order chi connectivity index (χ0) is 6.53. The van der Waals surface area contributed by atoms with E-state index in [1.807, 2.05) is 0 Å². The second-order valence-electron chi connectivity index (χ2n) is 2.46. The van der Waals surface area contributed by atoms with Crippen molar-refractivity contribution in [1.29, 1.82) is 5.26 Å². The third-order valence-corrected chi connectivity index (χ3v) is 1.71. The Labute approximate surface area is 56.1 Å². The quantitative estimate of drug-likeness (QED) is 0.525. The van der Waals surface area contributed by atoms with E-state index in [0.29, 0.717) is 0 Å². The van der Waals surface area contributed by atoms with Crippen molar-refractivity contribution in [3.05, 3.63) is 0 Å². The Hall–Kier alpha value is -0.550. The predicted molar refractivity (Wildman–Crippen MR) is 35.9 cm³/mol. The molecule has 0 saturated carbocycles. The molecule has 1 aliphatic heterocycles. The number of hydrogen-bond acceptors (Lipinski definition) is 2. The normalized spacial score (nSPS) is 18.6. The molecule has 0 spiro atoms. The predicted octanol–water partition coefficient (Wildman–Crippen LogP) is 0.996. The van der Waals surface area contributed by atoms with Gasteiger partial charge in [-0.3, -0.25) is 0 Å². The molecule has 1 rings (SSSR count). The van der Waals surface area contributed by atoms with E-state index in [-0.39, 0.29) is 0 Å². The zero-order valence-electron chi connectivity index (χ0n) is 5.64. The molecule has 0 N–H and O–H groups in total. The SMILES string of the molecule is N#CCCCN1CCC1. The largest absolute Gasteiger partial charge is 0.303 e. The van der Waals surface area contributed by atoms with E-state index in [1.165, 1.54) is 19.5 Å². The van der Waals surface area contributed by atoms with Crippen molar-refractivity contribution in [2.24, 2.45) is 0 Å². The molecule has 0 radical (unpaired) electrons. The average molecular weight is 124 g/mol. The highest BCUT2D eigenvalue weighted by Gasteiger charge is 2.11. The van der Waals surface area contributed by atoms with Crippen molar-refractivity contribution in [3.63, 3.8) is 0 Å². The van der Waals surface area contributed by atoms with Gasteiger partial charge in [-0.25, -0.2) is 0 Å². The fourth-order valence-corrected chi connectivity index (χ4v) is 0.987. The summed E-state index contributed by atoms with van der Waals surface area (Å²) in [6.07, 6.45) is 3.12. The average Bonchev–Trinajstić information content (AvgIpc) is 1.76. The van der Waals surface area contributed by atoms with Crippen LogP contribution in [0.5, 0.6) is 0 Å². The first kappa shape index (κ1) is 6.57. The maximum atomic E-state index is 8.20.